The van der Waals surface area contributed by atoms with Crippen LogP contribution in [0.25, 0.3) is 0 Å². The Morgan fingerprint density at radius 2 is 2.25 bits per heavy atom. The molecule has 2 unspecified atom stereocenters. The standard InChI is InChI=1S/C16H22N2O2/c1-16(20)9-4-10-18(11-16)15(19)14-8-7-12-5-2-3-6-13(12)17-14/h2-3,5-6,14,17,20H,4,7-11H2,1H3. The van der Waals surface area contributed by atoms with Crippen molar-refractivity contribution in [1.29, 1.82) is 0 Å². The minimum atomic E-state index is -0.736. The van der Waals surface area contributed by atoms with Crippen molar-refractivity contribution in [2.75, 3.05) is 18.4 Å². The summed E-state index contributed by atoms with van der Waals surface area (Å²) in [6.07, 6.45) is 3.41. The number of nitrogens with one attached hydrogen (secondary N) is 1. The van der Waals surface area contributed by atoms with Gasteiger partial charge in [0.1, 0.15) is 6.04 Å². The first kappa shape index (κ1) is 13.4. The summed E-state index contributed by atoms with van der Waals surface area (Å²) in [6.45, 7) is 3.02. The Balaban J connectivity index is 1.70. The van der Waals surface area contributed by atoms with Crippen LogP contribution >= 0.6 is 0 Å². The molecular weight excluding hydrogens is 252 g/mol. The van der Waals surface area contributed by atoms with Crippen molar-refractivity contribution in [2.45, 2.75) is 44.2 Å². The number of hydrogen-bond acceptors (Lipinski definition) is 3. The minimum absolute atomic E-state index is 0.125. The third-order valence-electron chi connectivity index (χ3n) is 4.33. The van der Waals surface area contributed by atoms with Gasteiger partial charge in [0, 0.05) is 18.8 Å². The Bertz CT molecular complexity index is 513. The number of rotatable bonds is 1. The highest BCUT2D eigenvalue weighted by molar-refractivity contribution is 5.86. The van der Waals surface area contributed by atoms with Crippen LogP contribution in [0, 0.1) is 0 Å². The summed E-state index contributed by atoms with van der Waals surface area (Å²) in [5.74, 6) is 0.125. The molecule has 1 saturated heterocycles. The predicted molar refractivity (Wildman–Crippen MR) is 78.6 cm³/mol. The van der Waals surface area contributed by atoms with Crippen LogP contribution in [-0.2, 0) is 11.2 Å². The van der Waals surface area contributed by atoms with Gasteiger partial charge in [-0.1, -0.05) is 18.2 Å². The summed E-state index contributed by atoms with van der Waals surface area (Å²) in [7, 11) is 0. The Kier molecular flexibility index (Phi) is 3.42. The average Bonchev–Trinajstić information content (AvgIpc) is 2.45. The van der Waals surface area contributed by atoms with Crippen LogP contribution in [0.5, 0.6) is 0 Å². The zero-order valence-corrected chi connectivity index (χ0v) is 11.9. The summed E-state index contributed by atoms with van der Waals surface area (Å²) in [6, 6.07) is 8.00. The molecule has 3 rings (SSSR count). The molecule has 20 heavy (non-hydrogen) atoms. The summed E-state index contributed by atoms with van der Waals surface area (Å²) in [5, 5.41) is 13.5. The molecule has 4 heteroatoms. The van der Waals surface area contributed by atoms with Gasteiger partial charge in [0.05, 0.1) is 5.60 Å². The highest BCUT2D eigenvalue weighted by Gasteiger charge is 2.34. The lowest BCUT2D eigenvalue weighted by atomic mass is 9.93. The number of carbonyl (C=O) groups is 1. The van der Waals surface area contributed by atoms with Gasteiger partial charge >= 0.3 is 0 Å². The van der Waals surface area contributed by atoms with E-state index < -0.39 is 5.60 Å². The molecule has 2 heterocycles. The predicted octanol–water partition coefficient (Wildman–Crippen LogP) is 1.79. The first-order chi connectivity index (χ1) is 9.55. The number of β-amino-alcohol motifs (C(OH)–C–C–N with tert-alkyl or cyclic N) is 1. The molecule has 1 amide bonds. The number of para-hydroxylation sites is 1. The zero-order valence-electron chi connectivity index (χ0n) is 11.9. The number of fused-ring (bicyclic) bond motifs is 1. The second-order valence-electron chi connectivity index (χ2n) is 6.25. The number of aliphatic hydroxyl groups is 1. The van der Waals surface area contributed by atoms with E-state index in [4.69, 9.17) is 0 Å². The lowest BCUT2D eigenvalue weighted by Gasteiger charge is -2.39. The molecule has 0 spiro atoms. The molecule has 0 aromatic heterocycles. The molecule has 1 aromatic rings. The first-order valence-electron chi connectivity index (χ1n) is 7.41. The number of hydrogen-bond donors (Lipinski definition) is 2. The maximum Gasteiger partial charge on any atom is 0.245 e. The summed E-state index contributed by atoms with van der Waals surface area (Å²) < 4.78 is 0. The number of amides is 1. The van der Waals surface area contributed by atoms with Gasteiger partial charge in [-0.15, -0.1) is 0 Å². The normalized spacial score (nSPS) is 29.5. The fourth-order valence-electron chi connectivity index (χ4n) is 3.25. The van der Waals surface area contributed by atoms with Crippen molar-refractivity contribution in [3.63, 3.8) is 0 Å². The highest BCUT2D eigenvalue weighted by Crippen LogP contribution is 2.27. The van der Waals surface area contributed by atoms with Crippen molar-refractivity contribution in [1.82, 2.24) is 4.90 Å². The smallest absolute Gasteiger partial charge is 0.245 e. The van der Waals surface area contributed by atoms with E-state index in [-0.39, 0.29) is 11.9 Å². The molecule has 0 saturated carbocycles. The van der Waals surface area contributed by atoms with E-state index in [9.17, 15) is 9.90 Å². The minimum Gasteiger partial charge on any atom is -0.388 e. The maximum absolute atomic E-state index is 12.6. The van der Waals surface area contributed by atoms with Crippen LogP contribution in [0.4, 0.5) is 5.69 Å². The maximum atomic E-state index is 12.6. The van der Waals surface area contributed by atoms with E-state index in [1.54, 1.807) is 0 Å². The van der Waals surface area contributed by atoms with E-state index in [2.05, 4.69) is 11.4 Å². The Morgan fingerprint density at radius 3 is 3.05 bits per heavy atom. The molecule has 108 valence electrons. The van der Waals surface area contributed by atoms with Crippen molar-refractivity contribution in [3.8, 4) is 0 Å². The lowest BCUT2D eigenvalue weighted by Crippen LogP contribution is -2.53. The molecule has 0 radical (unpaired) electrons. The van der Waals surface area contributed by atoms with Gasteiger partial charge in [-0.3, -0.25) is 4.79 Å². The van der Waals surface area contributed by atoms with Gasteiger partial charge in [0.2, 0.25) is 5.91 Å². The van der Waals surface area contributed by atoms with Gasteiger partial charge in [0.15, 0.2) is 0 Å². The Labute approximate surface area is 119 Å². The van der Waals surface area contributed by atoms with Gasteiger partial charge in [-0.25, -0.2) is 0 Å². The molecule has 0 aliphatic carbocycles. The first-order valence-corrected chi connectivity index (χ1v) is 7.41. The zero-order chi connectivity index (χ0) is 14.2. The second-order valence-corrected chi connectivity index (χ2v) is 6.25. The molecule has 1 aromatic carbocycles. The number of anilines is 1. The number of nitrogens with zero attached hydrogens (tertiary/aromatic N) is 1. The Morgan fingerprint density at radius 1 is 1.45 bits per heavy atom. The van der Waals surface area contributed by atoms with E-state index in [1.165, 1.54) is 5.56 Å². The van der Waals surface area contributed by atoms with Crippen LogP contribution in [0.15, 0.2) is 24.3 Å². The van der Waals surface area contributed by atoms with E-state index in [0.717, 1.165) is 37.9 Å². The summed E-state index contributed by atoms with van der Waals surface area (Å²) >= 11 is 0. The number of aryl methyl sites for hydroxylation is 1. The summed E-state index contributed by atoms with van der Waals surface area (Å²) in [5.41, 5.74) is 1.61. The van der Waals surface area contributed by atoms with E-state index in [1.807, 2.05) is 30.0 Å². The van der Waals surface area contributed by atoms with Crippen LogP contribution in [0.2, 0.25) is 0 Å². The highest BCUT2D eigenvalue weighted by atomic mass is 16.3. The second kappa shape index (κ2) is 5.09. The Hall–Kier alpha value is -1.55. The molecule has 2 N–H and O–H groups in total. The number of benzene rings is 1. The van der Waals surface area contributed by atoms with Crippen LogP contribution in [-0.4, -0.2) is 40.6 Å². The average molecular weight is 274 g/mol. The monoisotopic (exact) mass is 274 g/mol. The summed E-state index contributed by atoms with van der Waals surface area (Å²) in [4.78, 5) is 14.4. The number of carbonyl (C=O) groups excluding carboxylic acids is 1. The number of piperidine rings is 1. The molecular formula is C16H22N2O2. The van der Waals surface area contributed by atoms with Crippen LogP contribution in [0.1, 0.15) is 31.7 Å². The molecule has 2 aliphatic rings. The molecule has 0 bridgehead atoms. The third-order valence-corrected chi connectivity index (χ3v) is 4.33. The van der Waals surface area contributed by atoms with E-state index >= 15 is 0 Å². The SMILES string of the molecule is CC1(O)CCCN(C(=O)C2CCc3ccccc3N2)C1. The fourth-order valence-corrected chi connectivity index (χ4v) is 3.25. The van der Waals surface area contributed by atoms with Gasteiger partial charge in [-0.2, -0.15) is 0 Å². The number of likely N-dealkylation sites (tertiary alicyclic amines) is 1. The van der Waals surface area contributed by atoms with Gasteiger partial charge < -0.3 is 15.3 Å². The van der Waals surface area contributed by atoms with Crippen molar-refractivity contribution in [2.24, 2.45) is 0 Å². The van der Waals surface area contributed by atoms with Crippen LogP contribution in [0.3, 0.4) is 0 Å². The third kappa shape index (κ3) is 2.66. The largest absolute Gasteiger partial charge is 0.388 e. The molecule has 1 fully saturated rings. The van der Waals surface area contributed by atoms with Gasteiger partial charge in [-0.05, 0) is 44.2 Å². The van der Waals surface area contributed by atoms with Crippen molar-refractivity contribution in [3.05, 3.63) is 29.8 Å². The lowest BCUT2D eigenvalue weighted by molar-refractivity contribution is -0.138. The van der Waals surface area contributed by atoms with Gasteiger partial charge in [0.25, 0.3) is 0 Å². The van der Waals surface area contributed by atoms with Crippen molar-refractivity contribution >= 4 is 11.6 Å². The van der Waals surface area contributed by atoms with Crippen LogP contribution < -0.4 is 5.32 Å². The quantitative estimate of drug-likeness (QED) is 0.821. The topological polar surface area (TPSA) is 52.6 Å². The molecule has 2 atom stereocenters. The van der Waals surface area contributed by atoms with E-state index in [0.29, 0.717) is 6.54 Å². The fraction of sp³-hybridized carbons (Fsp3) is 0.562. The van der Waals surface area contributed by atoms with Crippen molar-refractivity contribution < 1.29 is 9.90 Å². The molecule has 4 nitrogen and oxygen atoms in total. The molecule has 2 aliphatic heterocycles.